The maximum absolute atomic E-state index is 14.7. The van der Waals surface area contributed by atoms with Crippen molar-refractivity contribution in [2.75, 3.05) is 0 Å². The highest BCUT2D eigenvalue weighted by molar-refractivity contribution is 6.05. The van der Waals surface area contributed by atoms with Gasteiger partial charge in [-0.3, -0.25) is 13.9 Å². The Bertz CT molecular complexity index is 1450. The van der Waals surface area contributed by atoms with Gasteiger partial charge >= 0.3 is 0 Å². The molecule has 5 aromatic rings. The molecule has 0 radical (unpaired) electrons. The predicted octanol–water partition coefficient (Wildman–Crippen LogP) is 4.39. The average molecular weight is 387 g/mol. The predicted molar refractivity (Wildman–Crippen MR) is 111 cm³/mol. The first-order valence-corrected chi connectivity index (χ1v) is 9.53. The molecule has 3 aromatic heterocycles. The van der Waals surface area contributed by atoms with Gasteiger partial charge in [0.15, 0.2) is 11.3 Å². The van der Waals surface area contributed by atoms with Crippen molar-refractivity contribution in [3.05, 3.63) is 71.0 Å². The first-order valence-electron chi connectivity index (χ1n) is 9.53. The fourth-order valence-electron chi connectivity index (χ4n) is 3.62. The minimum absolute atomic E-state index is 0.0142. The molecular weight excluding hydrogens is 369 g/mol. The molecule has 6 nitrogen and oxygen atoms in total. The second-order valence-electron chi connectivity index (χ2n) is 7.08. The number of benzene rings is 2. The molecule has 0 fully saturated rings. The highest BCUT2D eigenvalue weighted by Gasteiger charge is 2.22. The third-order valence-corrected chi connectivity index (χ3v) is 5.35. The van der Waals surface area contributed by atoms with Crippen LogP contribution < -0.4 is 5.56 Å². The van der Waals surface area contributed by atoms with Crippen LogP contribution in [-0.2, 0) is 0 Å². The maximum Gasteiger partial charge on any atom is 0.265 e. The van der Waals surface area contributed by atoms with Crippen molar-refractivity contribution in [3.8, 4) is 5.69 Å². The second-order valence-corrected chi connectivity index (χ2v) is 7.08. The summed E-state index contributed by atoms with van der Waals surface area (Å²) >= 11 is 0. The summed E-state index contributed by atoms with van der Waals surface area (Å²) < 4.78 is 17.9. The van der Waals surface area contributed by atoms with Crippen LogP contribution in [0.5, 0.6) is 0 Å². The smallest absolute Gasteiger partial charge is 0.265 e. The Kier molecular flexibility index (Phi) is 3.91. The fourth-order valence-corrected chi connectivity index (χ4v) is 3.62. The molecule has 0 bridgehead atoms. The molecule has 0 saturated carbocycles. The highest BCUT2D eigenvalue weighted by Crippen LogP contribution is 2.29. The van der Waals surface area contributed by atoms with Crippen LogP contribution in [0.1, 0.15) is 26.3 Å². The minimum Gasteiger partial charge on any atom is -0.296 e. The van der Waals surface area contributed by atoms with Crippen molar-refractivity contribution in [1.82, 2.24) is 24.1 Å². The van der Waals surface area contributed by atoms with Gasteiger partial charge in [0.2, 0.25) is 0 Å². The van der Waals surface area contributed by atoms with E-state index in [4.69, 9.17) is 9.97 Å². The summed E-state index contributed by atoms with van der Waals surface area (Å²) in [6.45, 7) is 3.98. The first kappa shape index (κ1) is 17.5. The van der Waals surface area contributed by atoms with Crippen LogP contribution in [0, 0.1) is 5.82 Å². The van der Waals surface area contributed by atoms with Crippen molar-refractivity contribution < 1.29 is 4.39 Å². The fraction of sp³-hybridized carbons (Fsp3) is 0.182. The van der Waals surface area contributed by atoms with Gasteiger partial charge in [-0.2, -0.15) is 0 Å². The van der Waals surface area contributed by atoms with Gasteiger partial charge in [0.25, 0.3) is 5.56 Å². The number of rotatable bonds is 3. The lowest BCUT2D eigenvalue weighted by Gasteiger charge is -2.12. The lowest BCUT2D eigenvalue weighted by atomic mass is 10.2. The molecular formula is C22H18FN5O. The molecule has 0 amide bonds. The summed E-state index contributed by atoms with van der Waals surface area (Å²) in [5.74, 6) is -0.422. The number of halogens is 1. The Labute approximate surface area is 165 Å². The van der Waals surface area contributed by atoms with Gasteiger partial charge in [-0.25, -0.2) is 19.3 Å². The summed E-state index contributed by atoms with van der Waals surface area (Å²) in [5, 5.41) is 0.351. The van der Waals surface area contributed by atoms with Gasteiger partial charge in [-0.1, -0.05) is 31.2 Å². The standard InChI is InChI=1S/C22H18FN5O/c1-3-13(2)27-12-24-20-18(22(27)29)19-21(26-16-10-6-5-9-15(16)25-19)28(20)17-11-7-4-8-14(17)23/h4-13H,3H2,1-2H3/t13-/m0/s1. The number of hydrogen-bond acceptors (Lipinski definition) is 4. The molecule has 5 rings (SSSR count). The Morgan fingerprint density at radius 1 is 1.00 bits per heavy atom. The van der Waals surface area contributed by atoms with E-state index in [9.17, 15) is 9.18 Å². The molecule has 144 valence electrons. The van der Waals surface area contributed by atoms with Gasteiger partial charge < -0.3 is 0 Å². The van der Waals surface area contributed by atoms with Crippen LogP contribution in [0.15, 0.2) is 59.7 Å². The van der Waals surface area contributed by atoms with E-state index in [1.807, 2.05) is 38.1 Å². The SMILES string of the molecule is CC[C@H](C)n1cnc2c(c1=O)c1nc3ccccc3nc1n2-c1ccccc1F. The third-order valence-electron chi connectivity index (χ3n) is 5.35. The lowest BCUT2D eigenvalue weighted by molar-refractivity contribution is 0.510. The molecule has 0 N–H and O–H groups in total. The number of hydrogen-bond donors (Lipinski definition) is 0. The number of fused-ring (bicyclic) bond motifs is 4. The molecule has 0 aliphatic carbocycles. The average Bonchev–Trinajstić information content (AvgIpc) is 3.06. The molecule has 0 aliphatic heterocycles. The minimum atomic E-state index is -0.422. The molecule has 3 heterocycles. The van der Waals surface area contributed by atoms with Crippen molar-refractivity contribution in [3.63, 3.8) is 0 Å². The monoisotopic (exact) mass is 387 g/mol. The summed E-state index contributed by atoms with van der Waals surface area (Å²) in [5.41, 5.74) is 2.62. The van der Waals surface area contributed by atoms with E-state index in [1.165, 1.54) is 12.4 Å². The zero-order chi connectivity index (χ0) is 20.1. The van der Waals surface area contributed by atoms with Crippen LogP contribution in [0.3, 0.4) is 0 Å². The highest BCUT2D eigenvalue weighted by atomic mass is 19.1. The van der Waals surface area contributed by atoms with Gasteiger partial charge in [0, 0.05) is 6.04 Å². The van der Waals surface area contributed by atoms with Crippen molar-refractivity contribution in [1.29, 1.82) is 0 Å². The Hall–Kier alpha value is -3.61. The summed E-state index contributed by atoms with van der Waals surface area (Å²) in [4.78, 5) is 27.3. The summed E-state index contributed by atoms with van der Waals surface area (Å²) in [6.07, 6.45) is 2.31. The summed E-state index contributed by atoms with van der Waals surface area (Å²) in [7, 11) is 0. The molecule has 7 heteroatoms. The number of nitrogens with zero attached hydrogens (tertiary/aromatic N) is 5. The number of para-hydroxylation sites is 3. The van der Waals surface area contributed by atoms with Crippen LogP contribution in [0.2, 0.25) is 0 Å². The van der Waals surface area contributed by atoms with E-state index >= 15 is 0 Å². The quantitative estimate of drug-likeness (QED) is 0.460. The van der Waals surface area contributed by atoms with E-state index in [-0.39, 0.29) is 17.3 Å². The van der Waals surface area contributed by atoms with E-state index in [0.717, 1.165) is 6.42 Å². The zero-order valence-corrected chi connectivity index (χ0v) is 16.0. The molecule has 2 aromatic carbocycles. The van der Waals surface area contributed by atoms with Gasteiger partial charge in [0.05, 0.1) is 16.7 Å². The van der Waals surface area contributed by atoms with Crippen LogP contribution >= 0.6 is 0 Å². The first-order chi connectivity index (χ1) is 14.1. The van der Waals surface area contributed by atoms with Crippen LogP contribution in [-0.4, -0.2) is 24.1 Å². The Balaban J connectivity index is 2.02. The second kappa shape index (κ2) is 6.48. The Morgan fingerprint density at radius 2 is 1.69 bits per heavy atom. The van der Waals surface area contributed by atoms with E-state index in [2.05, 4.69) is 4.98 Å². The Morgan fingerprint density at radius 3 is 2.41 bits per heavy atom. The van der Waals surface area contributed by atoms with E-state index in [1.54, 1.807) is 27.3 Å². The molecule has 0 unspecified atom stereocenters. The molecule has 0 aliphatic rings. The molecule has 0 spiro atoms. The third kappa shape index (κ3) is 2.54. The number of aromatic nitrogens is 5. The van der Waals surface area contributed by atoms with Crippen molar-refractivity contribution in [2.45, 2.75) is 26.3 Å². The summed E-state index contributed by atoms with van der Waals surface area (Å²) in [6, 6.07) is 13.8. The lowest BCUT2D eigenvalue weighted by Crippen LogP contribution is -2.23. The molecule has 1 atom stereocenters. The van der Waals surface area contributed by atoms with Gasteiger partial charge in [-0.15, -0.1) is 0 Å². The largest absolute Gasteiger partial charge is 0.296 e. The van der Waals surface area contributed by atoms with Gasteiger partial charge in [-0.05, 0) is 37.6 Å². The maximum atomic E-state index is 14.7. The van der Waals surface area contributed by atoms with Gasteiger partial charge in [0.1, 0.15) is 23.0 Å². The van der Waals surface area contributed by atoms with Crippen molar-refractivity contribution in [2.24, 2.45) is 0 Å². The van der Waals surface area contributed by atoms with Crippen LogP contribution in [0.4, 0.5) is 4.39 Å². The molecule has 29 heavy (non-hydrogen) atoms. The zero-order valence-electron chi connectivity index (χ0n) is 16.0. The topological polar surface area (TPSA) is 65.6 Å². The van der Waals surface area contributed by atoms with Crippen molar-refractivity contribution >= 4 is 33.2 Å². The molecule has 0 saturated heterocycles. The van der Waals surface area contributed by atoms with E-state index < -0.39 is 5.82 Å². The van der Waals surface area contributed by atoms with Crippen LogP contribution in [0.25, 0.3) is 38.9 Å². The normalized spacial score (nSPS) is 12.8. The van der Waals surface area contributed by atoms with E-state index in [0.29, 0.717) is 33.2 Å².